The van der Waals surface area contributed by atoms with Gasteiger partial charge < -0.3 is 0 Å². The molecule has 1 aromatic rings. The van der Waals surface area contributed by atoms with E-state index in [1.807, 2.05) is 6.92 Å². The van der Waals surface area contributed by atoms with Gasteiger partial charge in [-0.15, -0.1) is 0 Å². The van der Waals surface area contributed by atoms with Crippen molar-refractivity contribution in [2.75, 3.05) is 0 Å². The Bertz CT molecular complexity index is 388. The summed E-state index contributed by atoms with van der Waals surface area (Å²) in [4.78, 5) is 11.3. The number of Topliss-reactive ketones (excluding diaryl/α,β-unsaturated/α-hetero) is 1. The predicted molar refractivity (Wildman–Crippen MR) is 63.5 cm³/mol. The molecule has 0 N–H and O–H groups in total. The zero-order valence-corrected chi connectivity index (χ0v) is 10.6. The third-order valence-electron chi connectivity index (χ3n) is 2.18. The van der Waals surface area contributed by atoms with Gasteiger partial charge in [0.25, 0.3) is 6.43 Å². The maximum absolute atomic E-state index is 12.7. The summed E-state index contributed by atoms with van der Waals surface area (Å²) >= 11 is 1.80. The number of hydrogen-bond acceptors (Lipinski definition) is 1. The Hall–Kier alpha value is -0.520. The molecule has 15 heavy (non-hydrogen) atoms. The molecule has 1 nitrogen and oxygen atoms in total. The van der Waals surface area contributed by atoms with Crippen LogP contribution in [0.4, 0.5) is 8.78 Å². The second-order valence-electron chi connectivity index (χ2n) is 3.26. The van der Waals surface area contributed by atoms with E-state index in [0.29, 0.717) is 15.6 Å². The van der Waals surface area contributed by atoms with Crippen LogP contribution in [0.15, 0.2) is 12.1 Å². The number of alkyl halides is 2. The van der Waals surface area contributed by atoms with Crippen molar-refractivity contribution in [3.63, 3.8) is 0 Å². The van der Waals surface area contributed by atoms with Gasteiger partial charge in [-0.1, -0.05) is 6.92 Å². The highest BCUT2D eigenvalue weighted by Gasteiger charge is 2.17. The van der Waals surface area contributed by atoms with Crippen LogP contribution in [0.25, 0.3) is 0 Å². The molecule has 1 aromatic carbocycles. The normalized spacial score (nSPS) is 10.8. The van der Waals surface area contributed by atoms with Crippen LogP contribution < -0.4 is 0 Å². The fraction of sp³-hybridized carbons (Fsp3) is 0.364. The van der Waals surface area contributed by atoms with Crippen molar-refractivity contribution in [2.24, 2.45) is 0 Å². The highest BCUT2D eigenvalue weighted by atomic mass is 127. The average molecular weight is 324 g/mol. The maximum atomic E-state index is 12.7. The molecule has 0 saturated heterocycles. The van der Waals surface area contributed by atoms with E-state index in [4.69, 9.17) is 0 Å². The van der Waals surface area contributed by atoms with Gasteiger partial charge >= 0.3 is 0 Å². The molecule has 0 atom stereocenters. The zero-order valence-electron chi connectivity index (χ0n) is 8.48. The minimum atomic E-state index is -2.53. The third-order valence-corrected chi connectivity index (χ3v) is 3.39. The molecule has 4 heteroatoms. The topological polar surface area (TPSA) is 17.1 Å². The molecule has 0 fully saturated rings. The van der Waals surface area contributed by atoms with E-state index in [1.54, 1.807) is 28.7 Å². The van der Waals surface area contributed by atoms with Crippen molar-refractivity contribution in [3.05, 3.63) is 32.4 Å². The summed E-state index contributed by atoms with van der Waals surface area (Å²) in [5, 5.41) is 0. The summed E-state index contributed by atoms with van der Waals surface area (Å²) in [7, 11) is 0. The molecule has 0 aliphatic heterocycles. The molecule has 0 bridgehead atoms. The summed E-state index contributed by atoms with van der Waals surface area (Å²) in [5.74, 6) is -0.170. The molecule has 82 valence electrons. The van der Waals surface area contributed by atoms with Crippen molar-refractivity contribution in [3.8, 4) is 0 Å². The van der Waals surface area contributed by atoms with Crippen molar-refractivity contribution >= 4 is 28.4 Å². The van der Waals surface area contributed by atoms with E-state index in [2.05, 4.69) is 0 Å². The fourth-order valence-electron chi connectivity index (χ4n) is 1.33. The molecule has 0 radical (unpaired) electrons. The van der Waals surface area contributed by atoms with Crippen LogP contribution in [0.1, 0.15) is 41.8 Å². The third kappa shape index (κ3) is 2.74. The molecule has 0 saturated carbocycles. The quantitative estimate of drug-likeness (QED) is 0.607. The first kappa shape index (κ1) is 12.5. The van der Waals surface area contributed by atoms with Crippen molar-refractivity contribution < 1.29 is 13.6 Å². The van der Waals surface area contributed by atoms with Gasteiger partial charge in [0.15, 0.2) is 5.78 Å². The summed E-state index contributed by atoms with van der Waals surface area (Å²) < 4.78 is 25.7. The SMILES string of the molecule is CCc1cc(C(C)=O)c(I)c(C(F)F)c1. The lowest BCUT2D eigenvalue weighted by Gasteiger charge is -2.10. The highest BCUT2D eigenvalue weighted by molar-refractivity contribution is 14.1. The standard InChI is InChI=1S/C11H11F2IO/c1-3-7-4-8(6(2)15)10(14)9(5-7)11(12)13/h4-5,11H,3H2,1-2H3. The Morgan fingerprint density at radius 3 is 2.47 bits per heavy atom. The number of carbonyl (C=O) groups is 1. The second kappa shape index (κ2) is 5.01. The van der Waals surface area contributed by atoms with Crippen LogP contribution in [0, 0.1) is 3.57 Å². The van der Waals surface area contributed by atoms with Gasteiger partial charge in [-0.3, -0.25) is 4.79 Å². The minimum Gasteiger partial charge on any atom is -0.294 e. The molecular weight excluding hydrogens is 313 g/mol. The lowest BCUT2D eigenvalue weighted by Crippen LogP contribution is -2.03. The first-order chi connectivity index (χ1) is 6.97. The van der Waals surface area contributed by atoms with E-state index in [0.717, 1.165) is 5.56 Å². The van der Waals surface area contributed by atoms with Gasteiger partial charge in [-0.2, -0.15) is 0 Å². The number of aryl methyl sites for hydroxylation is 1. The first-order valence-electron chi connectivity index (χ1n) is 4.58. The van der Waals surface area contributed by atoms with Crippen molar-refractivity contribution in [1.82, 2.24) is 0 Å². The van der Waals surface area contributed by atoms with Crippen LogP contribution in [-0.2, 0) is 6.42 Å². The Balaban J connectivity index is 3.40. The van der Waals surface area contributed by atoms with E-state index < -0.39 is 6.43 Å². The van der Waals surface area contributed by atoms with Crippen LogP contribution in [0.5, 0.6) is 0 Å². The number of rotatable bonds is 3. The number of benzene rings is 1. The lowest BCUT2D eigenvalue weighted by atomic mass is 10.0. The molecule has 0 aliphatic rings. The molecule has 0 amide bonds. The molecule has 0 heterocycles. The predicted octanol–water partition coefficient (Wildman–Crippen LogP) is 3.99. The van der Waals surface area contributed by atoms with Crippen LogP contribution >= 0.6 is 22.6 Å². The number of hydrogen-bond donors (Lipinski definition) is 0. The van der Waals surface area contributed by atoms with Gasteiger partial charge in [0, 0.05) is 14.7 Å². The molecular formula is C11H11F2IO. The van der Waals surface area contributed by atoms with E-state index in [-0.39, 0.29) is 11.3 Å². The first-order valence-corrected chi connectivity index (χ1v) is 5.66. The van der Waals surface area contributed by atoms with Crippen LogP contribution in [0.2, 0.25) is 0 Å². The second-order valence-corrected chi connectivity index (χ2v) is 4.34. The number of carbonyl (C=O) groups excluding carboxylic acids is 1. The Morgan fingerprint density at radius 2 is 2.07 bits per heavy atom. The molecule has 0 unspecified atom stereocenters. The summed E-state index contributed by atoms with van der Waals surface area (Å²) in [6, 6.07) is 3.16. The van der Waals surface area contributed by atoms with Crippen molar-refractivity contribution in [2.45, 2.75) is 26.7 Å². The summed E-state index contributed by atoms with van der Waals surface area (Å²) in [6.45, 7) is 3.27. The molecule has 0 aliphatic carbocycles. The summed E-state index contributed by atoms with van der Waals surface area (Å²) in [6.07, 6.45) is -1.88. The Morgan fingerprint density at radius 1 is 1.47 bits per heavy atom. The molecule has 1 rings (SSSR count). The van der Waals surface area contributed by atoms with Gasteiger partial charge in [-0.25, -0.2) is 8.78 Å². The highest BCUT2D eigenvalue weighted by Crippen LogP contribution is 2.29. The maximum Gasteiger partial charge on any atom is 0.264 e. The van der Waals surface area contributed by atoms with Gasteiger partial charge in [0.1, 0.15) is 0 Å². The number of ketones is 1. The lowest BCUT2D eigenvalue weighted by molar-refractivity contribution is 0.101. The van der Waals surface area contributed by atoms with Gasteiger partial charge in [0.2, 0.25) is 0 Å². The van der Waals surface area contributed by atoms with Crippen molar-refractivity contribution in [1.29, 1.82) is 0 Å². The smallest absolute Gasteiger partial charge is 0.264 e. The molecule has 0 spiro atoms. The monoisotopic (exact) mass is 324 g/mol. The summed E-state index contributed by atoms with van der Waals surface area (Å²) in [5.41, 5.74) is 1.13. The molecule has 0 aromatic heterocycles. The van der Waals surface area contributed by atoms with E-state index >= 15 is 0 Å². The van der Waals surface area contributed by atoms with Crippen LogP contribution in [0.3, 0.4) is 0 Å². The average Bonchev–Trinajstić information content (AvgIpc) is 2.17. The van der Waals surface area contributed by atoms with Crippen LogP contribution in [-0.4, -0.2) is 5.78 Å². The van der Waals surface area contributed by atoms with E-state index in [9.17, 15) is 13.6 Å². The Labute approximate surface area is 101 Å². The zero-order chi connectivity index (χ0) is 11.6. The van der Waals surface area contributed by atoms with Gasteiger partial charge in [-0.05, 0) is 53.6 Å². The minimum absolute atomic E-state index is 0.0415. The fourth-order valence-corrected chi connectivity index (χ4v) is 2.25. The largest absolute Gasteiger partial charge is 0.294 e. The number of halogens is 3. The Kier molecular flexibility index (Phi) is 4.19. The van der Waals surface area contributed by atoms with Gasteiger partial charge in [0.05, 0.1) is 0 Å². The van der Waals surface area contributed by atoms with E-state index in [1.165, 1.54) is 13.0 Å².